The molecule has 6 nitrogen and oxygen atoms in total. The minimum absolute atomic E-state index is 0.0580. The van der Waals surface area contributed by atoms with Crippen molar-refractivity contribution in [3.63, 3.8) is 0 Å². The van der Waals surface area contributed by atoms with Gasteiger partial charge in [-0.15, -0.1) is 0 Å². The number of anilines is 1. The molecule has 0 aromatic carbocycles. The summed E-state index contributed by atoms with van der Waals surface area (Å²) in [7, 11) is -3.67. The minimum Gasteiger partial charge on any atom is -0.379 e. The number of rotatable bonds is 6. The first-order valence-electron chi connectivity index (χ1n) is 6.87. The zero-order valence-corrected chi connectivity index (χ0v) is 13.7. The molecule has 1 atom stereocenters. The molecule has 1 aliphatic rings. The summed E-state index contributed by atoms with van der Waals surface area (Å²) in [5, 5.41) is 3.33. The van der Waals surface area contributed by atoms with Gasteiger partial charge >= 0.3 is 0 Å². The molecule has 2 rings (SSSR count). The van der Waals surface area contributed by atoms with E-state index in [1.54, 1.807) is 0 Å². The summed E-state index contributed by atoms with van der Waals surface area (Å²) >= 11 is 6.08. The van der Waals surface area contributed by atoms with Gasteiger partial charge in [-0.05, 0) is 25.8 Å². The van der Waals surface area contributed by atoms with E-state index in [1.807, 2.05) is 13.8 Å². The highest BCUT2D eigenvalue weighted by molar-refractivity contribution is 7.89. The van der Waals surface area contributed by atoms with Gasteiger partial charge in [0.1, 0.15) is 10.7 Å². The average Bonchev–Trinajstić information content (AvgIpc) is 2.82. The van der Waals surface area contributed by atoms with Crippen LogP contribution in [0.3, 0.4) is 0 Å². The summed E-state index contributed by atoms with van der Waals surface area (Å²) < 4.78 is 32.7. The van der Waals surface area contributed by atoms with E-state index in [2.05, 4.69) is 15.0 Å². The fourth-order valence-corrected chi connectivity index (χ4v) is 3.76. The number of hydrogen-bond donors (Lipinski definition) is 2. The van der Waals surface area contributed by atoms with Crippen molar-refractivity contribution in [3.8, 4) is 0 Å². The Morgan fingerprint density at radius 2 is 2.29 bits per heavy atom. The van der Waals surface area contributed by atoms with Gasteiger partial charge in [0.25, 0.3) is 0 Å². The van der Waals surface area contributed by atoms with Gasteiger partial charge in [-0.1, -0.05) is 18.5 Å². The Bertz CT molecular complexity index is 601. The largest absolute Gasteiger partial charge is 0.379 e. The van der Waals surface area contributed by atoms with Crippen LogP contribution in [0.15, 0.2) is 17.2 Å². The third-order valence-electron chi connectivity index (χ3n) is 3.27. The van der Waals surface area contributed by atoms with E-state index < -0.39 is 15.6 Å². The molecule has 2 heterocycles. The highest BCUT2D eigenvalue weighted by Gasteiger charge is 2.34. The lowest BCUT2D eigenvalue weighted by Gasteiger charge is -2.23. The second kappa shape index (κ2) is 6.48. The molecule has 0 amide bonds. The maximum Gasteiger partial charge on any atom is 0.242 e. The van der Waals surface area contributed by atoms with E-state index in [-0.39, 0.29) is 4.90 Å². The van der Waals surface area contributed by atoms with E-state index in [4.69, 9.17) is 16.3 Å². The Kier molecular flexibility index (Phi) is 5.08. The topological polar surface area (TPSA) is 80.3 Å². The number of halogens is 1. The first-order valence-corrected chi connectivity index (χ1v) is 8.73. The lowest BCUT2D eigenvalue weighted by molar-refractivity contribution is 0.178. The Morgan fingerprint density at radius 3 is 2.86 bits per heavy atom. The van der Waals surface area contributed by atoms with Gasteiger partial charge in [0.15, 0.2) is 0 Å². The van der Waals surface area contributed by atoms with Crippen molar-refractivity contribution in [2.24, 2.45) is 0 Å². The third kappa shape index (κ3) is 4.06. The van der Waals surface area contributed by atoms with Crippen LogP contribution in [0.25, 0.3) is 0 Å². The summed E-state index contributed by atoms with van der Waals surface area (Å²) in [6, 6.07) is 1.41. The molecule has 1 unspecified atom stereocenters. The predicted octanol–water partition coefficient (Wildman–Crippen LogP) is 2.01. The number of pyridine rings is 1. The van der Waals surface area contributed by atoms with Crippen molar-refractivity contribution in [3.05, 3.63) is 17.3 Å². The molecule has 1 aromatic rings. The Morgan fingerprint density at radius 1 is 1.52 bits per heavy atom. The van der Waals surface area contributed by atoms with Crippen LogP contribution in [0.5, 0.6) is 0 Å². The number of nitrogens with one attached hydrogen (secondary N) is 2. The molecule has 0 aliphatic carbocycles. The Hall–Kier alpha value is -0.890. The molecule has 0 spiro atoms. The molecular formula is C13H20ClN3O3S. The van der Waals surface area contributed by atoms with Gasteiger partial charge in [-0.25, -0.2) is 18.1 Å². The lowest BCUT2D eigenvalue weighted by atomic mass is 10.0. The van der Waals surface area contributed by atoms with Crippen LogP contribution in [0, 0.1) is 0 Å². The van der Waals surface area contributed by atoms with Gasteiger partial charge in [0.05, 0.1) is 17.2 Å². The van der Waals surface area contributed by atoms with E-state index in [0.29, 0.717) is 30.5 Å². The Labute approximate surface area is 130 Å². The number of ether oxygens (including phenoxy) is 1. The van der Waals surface area contributed by atoms with Crippen molar-refractivity contribution in [2.45, 2.75) is 37.1 Å². The second-order valence-electron chi connectivity index (χ2n) is 5.40. The normalized spacial score (nSPS) is 22.4. The van der Waals surface area contributed by atoms with E-state index in [1.165, 1.54) is 12.3 Å². The van der Waals surface area contributed by atoms with E-state index in [0.717, 1.165) is 13.0 Å². The fraction of sp³-hybridized carbons (Fsp3) is 0.615. The number of nitrogens with zero attached hydrogens (tertiary/aromatic N) is 1. The quantitative estimate of drug-likeness (QED) is 0.832. The summed E-state index contributed by atoms with van der Waals surface area (Å²) in [4.78, 5) is 4.14. The highest BCUT2D eigenvalue weighted by atomic mass is 35.5. The molecule has 1 aliphatic heterocycles. The van der Waals surface area contributed by atoms with Gasteiger partial charge in [0, 0.05) is 19.3 Å². The van der Waals surface area contributed by atoms with Crippen LogP contribution in [0.2, 0.25) is 5.02 Å². The van der Waals surface area contributed by atoms with Crippen molar-refractivity contribution < 1.29 is 13.2 Å². The van der Waals surface area contributed by atoms with Crippen LogP contribution in [-0.4, -0.2) is 38.7 Å². The van der Waals surface area contributed by atoms with Crippen LogP contribution in [0.1, 0.15) is 26.7 Å². The highest BCUT2D eigenvalue weighted by Crippen LogP contribution is 2.25. The van der Waals surface area contributed by atoms with Crippen LogP contribution < -0.4 is 10.0 Å². The fourth-order valence-electron chi connectivity index (χ4n) is 2.07. The Balaban J connectivity index is 2.18. The first kappa shape index (κ1) is 16.5. The number of sulfonamides is 1. The van der Waals surface area contributed by atoms with Crippen LogP contribution in [-0.2, 0) is 14.8 Å². The van der Waals surface area contributed by atoms with E-state index >= 15 is 0 Å². The maximum atomic E-state index is 12.4. The standard InChI is InChI=1S/C13H20ClN3O3S/c1-3-5-15-12-11(14)7-10(8-16-12)21(18,19)17-13(2)4-6-20-9-13/h7-8,17H,3-6,9H2,1-2H3,(H,15,16). The molecule has 1 aromatic heterocycles. The molecule has 0 saturated carbocycles. The first-order chi connectivity index (χ1) is 9.86. The predicted molar refractivity (Wildman–Crippen MR) is 82.2 cm³/mol. The molecule has 21 heavy (non-hydrogen) atoms. The molecule has 8 heteroatoms. The van der Waals surface area contributed by atoms with Gasteiger partial charge in [-0.2, -0.15) is 0 Å². The van der Waals surface area contributed by atoms with Crippen molar-refractivity contribution in [1.29, 1.82) is 0 Å². The monoisotopic (exact) mass is 333 g/mol. The molecule has 0 radical (unpaired) electrons. The van der Waals surface area contributed by atoms with E-state index in [9.17, 15) is 8.42 Å². The van der Waals surface area contributed by atoms with Gasteiger partial charge in [-0.3, -0.25) is 0 Å². The van der Waals surface area contributed by atoms with Gasteiger partial charge in [0.2, 0.25) is 10.0 Å². The summed E-state index contributed by atoms with van der Waals surface area (Å²) in [6.07, 6.45) is 2.88. The molecule has 1 fully saturated rings. The SMILES string of the molecule is CCCNc1ncc(S(=O)(=O)NC2(C)CCOC2)cc1Cl. The van der Waals surface area contributed by atoms with Crippen molar-refractivity contribution in [1.82, 2.24) is 9.71 Å². The molecule has 1 saturated heterocycles. The summed E-state index contributed by atoms with van der Waals surface area (Å²) in [5.74, 6) is 0.493. The molecule has 118 valence electrons. The van der Waals surface area contributed by atoms with Crippen LogP contribution >= 0.6 is 11.6 Å². The van der Waals surface area contributed by atoms with Crippen molar-refractivity contribution in [2.75, 3.05) is 25.1 Å². The number of aromatic nitrogens is 1. The second-order valence-corrected chi connectivity index (χ2v) is 7.49. The third-order valence-corrected chi connectivity index (χ3v) is 5.16. The number of hydrogen-bond acceptors (Lipinski definition) is 5. The van der Waals surface area contributed by atoms with Gasteiger partial charge < -0.3 is 10.1 Å². The van der Waals surface area contributed by atoms with Crippen molar-refractivity contribution >= 4 is 27.4 Å². The maximum absolute atomic E-state index is 12.4. The molecule has 2 N–H and O–H groups in total. The summed E-state index contributed by atoms with van der Waals surface area (Å²) in [6.45, 7) is 5.49. The zero-order valence-electron chi connectivity index (χ0n) is 12.1. The molecule has 0 bridgehead atoms. The average molecular weight is 334 g/mol. The molecular weight excluding hydrogens is 314 g/mol. The summed E-state index contributed by atoms with van der Waals surface area (Å²) in [5.41, 5.74) is -0.579. The van der Waals surface area contributed by atoms with Crippen LogP contribution in [0.4, 0.5) is 5.82 Å². The lowest BCUT2D eigenvalue weighted by Crippen LogP contribution is -2.46. The minimum atomic E-state index is -3.67. The zero-order chi connectivity index (χ0) is 15.5. The smallest absolute Gasteiger partial charge is 0.242 e.